The molecule has 1 aromatic carbocycles. The molecule has 0 bridgehead atoms. The molecule has 1 atom stereocenters. The summed E-state index contributed by atoms with van der Waals surface area (Å²) < 4.78 is 2.27. The molecular formula is C19H24N2O. The van der Waals surface area contributed by atoms with E-state index in [9.17, 15) is 4.79 Å². The number of unbranched alkanes of at least 4 members (excludes halogenated alkanes) is 2. The molecule has 0 radical (unpaired) electrons. The Balaban J connectivity index is 1.87. The molecule has 0 N–H and O–H groups in total. The molecule has 0 spiro atoms. The molecule has 0 saturated heterocycles. The number of fused-ring (bicyclic) bond motifs is 1. The first kappa shape index (κ1) is 14.9. The van der Waals surface area contributed by atoms with Gasteiger partial charge in [-0.1, -0.05) is 50.1 Å². The second kappa shape index (κ2) is 6.82. The molecule has 1 aromatic heterocycles. The Labute approximate surface area is 132 Å². The van der Waals surface area contributed by atoms with Crippen LogP contribution in [0.3, 0.4) is 0 Å². The summed E-state index contributed by atoms with van der Waals surface area (Å²) in [5.41, 5.74) is 2.42. The van der Waals surface area contributed by atoms with E-state index in [0.29, 0.717) is 6.42 Å². The maximum absolute atomic E-state index is 12.7. The van der Waals surface area contributed by atoms with Crippen molar-refractivity contribution < 1.29 is 4.79 Å². The van der Waals surface area contributed by atoms with Gasteiger partial charge in [0.15, 0.2) is 0 Å². The van der Waals surface area contributed by atoms with E-state index in [0.717, 1.165) is 32.4 Å². The first-order chi connectivity index (χ1) is 10.8. The summed E-state index contributed by atoms with van der Waals surface area (Å²) in [6.45, 7) is 3.86. The van der Waals surface area contributed by atoms with Gasteiger partial charge in [0.05, 0.1) is 6.04 Å². The molecule has 0 fully saturated rings. The molecule has 1 aliphatic heterocycles. The lowest BCUT2D eigenvalue weighted by atomic mass is 9.99. The minimum Gasteiger partial charge on any atom is -0.348 e. The molecule has 0 aliphatic carbocycles. The molecule has 1 amide bonds. The zero-order chi connectivity index (χ0) is 15.4. The standard InChI is InChI=1S/C19H24N2O/c1-2-3-5-12-18(22)21-15-14-20-13-8-11-17(20)19(21)16-9-6-4-7-10-16/h4,6-11,13,19H,2-3,5,12,14-15H2,1H3. The van der Waals surface area contributed by atoms with Crippen LogP contribution in [-0.4, -0.2) is 21.9 Å². The number of rotatable bonds is 5. The summed E-state index contributed by atoms with van der Waals surface area (Å²) in [5, 5.41) is 0. The van der Waals surface area contributed by atoms with Gasteiger partial charge in [-0.25, -0.2) is 0 Å². The molecule has 116 valence electrons. The Morgan fingerprint density at radius 3 is 2.68 bits per heavy atom. The number of hydrogen-bond donors (Lipinski definition) is 0. The number of amides is 1. The van der Waals surface area contributed by atoms with Crippen molar-refractivity contribution in [3.63, 3.8) is 0 Å². The average molecular weight is 296 g/mol. The van der Waals surface area contributed by atoms with Crippen LogP contribution in [0.5, 0.6) is 0 Å². The van der Waals surface area contributed by atoms with Gasteiger partial charge in [-0.05, 0) is 24.1 Å². The summed E-state index contributed by atoms with van der Waals surface area (Å²) >= 11 is 0. The summed E-state index contributed by atoms with van der Waals surface area (Å²) in [7, 11) is 0. The van der Waals surface area contributed by atoms with Gasteiger partial charge in [0, 0.05) is 31.4 Å². The highest BCUT2D eigenvalue weighted by Crippen LogP contribution is 2.32. The van der Waals surface area contributed by atoms with E-state index in [1.54, 1.807) is 0 Å². The van der Waals surface area contributed by atoms with E-state index in [4.69, 9.17) is 0 Å². The monoisotopic (exact) mass is 296 g/mol. The van der Waals surface area contributed by atoms with Crippen molar-refractivity contribution in [2.45, 2.75) is 45.2 Å². The van der Waals surface area contributed by atoms with Crippen LogP contribution in [0.2, 0.25) is 0 Å². The van der Waals surface area contributed by atoms with E-state index in [1.165, 1.54) is 11.3 Å². The maximum Gasteiger partial charge on any atom is 0.223 e. The molecule has 2 aromatic rings. The highest BCUT2D eigenvalue weighted by molar-refractivity contribution is 5.77. The number of aromatic nitrogens is 1. The minimum absolute atomic E-state index is 0.0547. The van der Waals surface area contributed by atoms with Crippen LogP contribution in [0, 0.1) is 0 Å². The number of carbonyl (C=O) groups is 1. The van der Waals surface area contributed by atoms with Crippen molar-refractivity contribution in [3.8, 4) is 0 Å². The summed E-state index contributed by atoms with van der Waals surface area (Å²) in [5.74, 6) is 0.287. The summed E-state index contributed by atoms with van der Waals surface area (Å²) in [6, 6.07) is 14.7. The molecule has 1 aliphatic rings. The minimum atomic E-state index is 0.0547. The number of hydrogen-bond acceptors (Lipinski definition) is 1. The molecule has 3 nitrogen and oxygen atoms in total. The predicted octanol–water partition coefficient (Wildman–Crippen LogP) is 4.00. The lowest BCUT2D eigenvalue weighted by Gasteiger charge is -2.37. The van der Waals surface area contributed by atoms with Crippen LogP contribution in [-0.2, 0) is 11.3 Å². The van der Waals surface area contributed by atoms with Crippen LogP contribution in [0.15, 0.2) is 48.7 Å². The van der Waals surface area contributed by atoms with E-state index < -0.39 is 0 Å². The highest BCUT2D eigenvalue weighted by atomic mass is 16.2. The summed E-state index contributed by atoms with van der Waals surface area (Å²) in [4.78, 5) is 14.8. The zero-order valence-corrected chi connectivity index (χ0v) is 13.2. The second-order valence-corrected chi connectivity index (χ2v) is 5.98. The normalized spacial score (nSPS) is 17.3. The van der Waals surface area contributed by atoms with Crippen LogP contribution in [0.4, 0.5) is 0 Å². The average Bonchev–Trinajstić information content (AvgIpc) is 3.03. The van der Waals surface area contributed by atoms with Gasteiger partial charge in [0.25, 0.3) is 0 Å². The van der Waals surface area contributed by atoms with Gasteiger partial charge < -0.3 is 9.47 Å². The number of benzene rings is 1. The van der Waals surface area contributed by atoms with Gasteiger partial charge in [0.1, 0.15) is 0 Å². The quantitative estimate of drug-likeness (QED) is 0.766. The number of carbonyl (C=O) groups excluding carboxylic acids is 1. The first-order valence-electron chi connectivity index (χ1n) is 8.30. The Hall–Kier alpha value is -2.03. The Kier molecular flexibility index (Phi) is 4.62. The van der Waals surface area contributed by atoms with Crippen LogP contribution in [0.1, 0.15) is 49.9 Å². The first-order valence-corrected chi connectivity index (χ1v) is 8.30. The predicted molar refractivity (Wildman–Crippen MR) is 88.6 cm³/mol. The molecule has 1 unspecified atom stereocenters. The van der Waals surface area contributed by atoms with Crippen molar-refractivity contribution in [1.82, 2.24) is 9.47 Å². The van der Waals surface area contributed by atoms with Gasteiger partial charge in [-0.15, -0.1) is 0 Å². The molecule has 3 rings (SSSR count). The van der Waals surface area contributed by atoms with Gasteiger partial charge in [0.2, 0.25) is 5.91 Å². The van der Waals surface area contributed by atoms with Crippen LogP contribution < -0.4 is 0 Å². The number of nitrogens with zero attached hydrogens (tertiary/aromatic N) is 2. The third-order valence-electron chi connectivity index (χ3n) is 4.47. The van der Waals surface area contributed by atoms with Crippen LogP contribution >= 0.6 is 0 Å². The lowest BCUT2D eigenvalue weighted by molar-refractivity contribution is -0.134. The zero-order valence-electron chi connectivity index (χ0n) is 13.2. The van der Waals surface area contributed by atoms with Gasteiger partial charge >= 0.3 is 0 Å². The second-order valence-electron chi connectivity index (χ2n) is 5.98. The van der Waals surface area contributed by atoms with E-state index in [1.807, 2.05) is 6.07 Å². The molecule has 2 heterocycles. The molecule has 0 saturated carbocycles. The Bertz CT molecular complexity index is 617. The fourth-order valence-electron chi connectivity index (χ4n) is 3.31. The van der Waals surface area contributed by atoms with Gasteiger partial charge in [-0.3, -0.25) is 4.79 Å². The fraction of sp³-hybridized carbons (Fsp3) is 0.421. The van der Waals surface area contributed by atoms with Gasteiger partial charge in [-0.2, -0.15) is 0 Å². The molecule has 22 heavy (non-hydrogen) atoms. The Morgan fingerprint density at radius 1 is 1.09 bits per heavy atom. The van der Waals surface area contributed by atoms with Crippen molar-refractivity contribution in [1.29, 1.82) is 0 Å². The van der Waals surface area contributed by atoms with Crippen molar-refractivity contribution in [2.75, 3.05) is 6.54 Å². The SMILES string of the molecule is CCCCCC(=O)N1CCn2cccc2C1c1ccccc1. The third kappa shape index (κ3) is 2.94. The lowest BCUT2D eigenvalue weighted by Crippen LogP contribution is -2.42. The van der Waals surface area contributed by atoms with E-state index in [-0.39, 0.29) is 11.9 Å². The smallest absolute Gasteiger partial charge is 0.223 e. The van der Waals surface area contributed by atoms with Crippen molar-refractivity contribution in [2.24, 2.45) is 0 Å². The highest BCUT2D eigenvalue weighted by Gasteiger charge is 2.31. The maximum atomic E-state index is 12.7. The van der Waals surface area contributed by atoms with Crippen molar-refractivity contribution in [3.05, 3.63) is 59.9 Å². The largest absolute Gasteiger partial charge is 0.348 e. The molecule has 3 heteroatoms. The van der Waals surface area contributed by atoms with E-state index in [2.05, 4.69) is 59.0 Å². The van der Waals surface area contributed by atoms with Crippen molar-refractivity contribution >= 4 is 5.91 Å². The summed E-state index contributed by atoms with van der Waals surface area (Å²) in [6.07, 6.45) is 6.06. The van der Waals surface area contributed by atoms with E-state index >= 15 is 0 Å². The fourth-order valence-corrected chi connectivity index (χ4v) is 3.31. The van der Waals surface area contributed by atoms with Crippen LogP contribution in [0.25, 0.3) is 0 Å². The Morgan fingerprint density at radius 2 is 1.91 bits per heavy atom. The molecular weight excluding hydrogens is 272 g/mol. The third-order valence-corrected chi connectivity index (χ3v) is 4.47. The topological polar surface area (TPSA) is 25.2 Å².